The minimum atomic E-state index is -0.229. The maximum absolute atomic E-state index is 11.9. The number of hydrogen-bond donors (Lipinski definition) is 2. The van der Waals surface area contributed by atoms with Crippen molar-refractivity contribution in [3.63, 3.8) is 0 Å². The fourth-order valence-electron chi connectivity index (χ4n) is 4.28. The van der Waals surface area contributed by atoms with Crippen molar-refractivity contribution >= 4 is 28.8 Å². The molecule has 1 aliphatic rings. The molecule has 184 valence electrons. The average molecular weight is 476 g/mol. The van der Waals surface area contributed by atoms with E-state index < -0.39 is 0 Å². The van der Waals surface area contributed by atoms with Crippen molar-refractivity contribution < 1.29 is 14.3 Å². The van der Waals surface area contributed by atoms with Crippen LogP contribution in [0.1, 0.15) is 30.9 Å². The first-order chi connectivity index (χ1) is 17.0. The van der Waals surface area contributed by atoms with Gasteiger partial charge in [0.2, 0.25) is 0 Å². The summed E-state index contributed by atoms with van der Waals surface area (Å²) in [5.74, 6) is 2.14. The van der Waals surface area contributed by atoms with Crippen LogP contribution >= 0.6 is 0 Å². The van der Waals surface area contributed by atoms with Gasteiger partial charge in [-0.2, -0.15) is 0 Å². The van der Waals surface area contributed by atoms with Gasteiger partial charge in [0.25, 0.3) is 0 Å². The smallest absolute Gasteiger partial charge is 0.319 e. The normalized spacial score (nSPS) is 16.4. The minimum absolute atomic E-state index is 0.143. The number of pyridine rings is 1. The predicted molar refractivity (Wildman–Crippen MR) is 140 cm³/mol. The van der Waals surface area contributed by atoms with Gasteiger partial charge in [0.15, 0.2) is 0 Å². The van der Waals surface area contributed by atoms with Gasteiger partial charge in [-0.3, -0.25) is 9.98 Å². The fourth-order valence-corrected chi connectivity index (χ4v) is 4.28. The average Bonchev–Trinajstić information content (AvgIpc) is 2.82. The lowest BCUT2D eigenvalue weighted by Gasteiger charge is -2.30. The molecular formula is C27H33N5O3. The molecule has 4 rings (SSSR count). The Bertz CT molecular complexity index is 1230. The molecule has 2 aromatic carbocycles. The summed E-state index contributed by atoms with van der Waals surface area (Å²) >= 11 is 0. The molecule has 0 radical (unpaired) electrons. The Balaban J connectivity index is 1.61. The number of fused-ring (bicyclic) bond motifs is 1. The van der Waals surface area contributed by atoms with Gasteiger partial charge in [0.05, 0.1) is 5.52 Å². The van der Waals surface area contributed by atoms with E-state index in [9.17, 15) is 4.79 Å². The number of likely N-dealkylation sites (N-methyl/N-ethyl adjacent to an activating group) is 1. The predicted octanol–water partition coefficient (Wildman–Crippen LogP) is 5.00. The number of amides is 2. The molecular weight excluding hydrogens is 442 g/mol. The molecule has 1 aromatic heterocycles. The number of urea groups is 1. The monoisotopic (exact) mass is 475 g/mol. The summed E-state index contributed by atoms with van der Waals surface area (Å²) < 4.78 is 12.7. The molecule has 2 heterocycles. The number of aliphatic imine (C=N–C) groups is 1. The van der Waals surface area contributed by atoms with Crippen molar-refractivity contribution in [3.05, 3.63) is 53.7 Å². The molecule has 2 N–H and O–H groups in total. The highest BCUT2D eigenvalue weighted by molar-refractivity contribution is 5.95. The standard InChI is InChI=1S/C27H33N5O3/c1-5-29-27(33)31-23-9-8-20(13-18(23)2)34-25-10-11-30-24-15-26(19(16-28-3)14-22(24)25)35-21-7-6-12-32(4)17-21/h8-11,13-16,21H,5-7,12,17H2,1-4H3,(H2,29,31,33). The third kappa shape index (κ3) is 6.08. The fraction of sp³-hybridized carbons (Fsp3) is 0.370. The third-order valence-electron chi connectivity index (χ3n) is 5.99. The largest absolute Gasteiger partial charge is 0.488 e. The van der Waals surface area contributed by atoms with Crippen molar-refractivity contribution in [3.8, 4) is 17.2 Å². The van der Waals surface area contributed by atoms with E-state index in [-0.39, 0.29) is 12.1 Å². The summed E-state index contributed by atoms with van der Waals surface area (Å²) in [6.45, 7) is 6.38. The lowest BCUT2D eigenvalue weighted by molar-refractivity contribution is 0.104. The molecule has 35 heavy (non-hydrogen) atoms. The number of piperidine rings is 1. The van der Waals surface area contributed by atoms with Crippen LogP contribution in [0.15, 0.2) is 47.6 Å². The number of nitrogens with zero attached hydrogens (tertiary/aromatic N) is 3. The van der Waals surface area contributed by atoms with E-state index in [0.29, 0.717) is 18.0 Å². The van der Waals surface area contributed by atoms with Crippen molar-refractivity contribution in [2.24, 2.45) is 4.99 Å². The van der Waals surface area contributed by atoms with Crippen LogP contribution in [0.2, 0.25) is 0 Å². The van der Waals surface area contributed by atoms with Crippen LogP contribution in [-0.2, 0) is 0 Å². The quantitative estimate of drug-likeness (QED) is 0.470. The maximum atomic E-state index is 11.9. The summed E-state index contributed by atoms with van der Waals surface area (Å²) in [7, 11) is 3.88. The molecule has 8 nitrogen and oxygen atoms in total. The van der Waals surface area contributed by atoms with Crippen molar-refractivity contribution in [1.82, 2.24) is 15.2 Å². The first-order valence-electron chi connectivity index (χ1n) is 12.0. The SMILES string of the molecule is CCNC(=O)Nc1ccc(Oc2ccnc3cc(OC4CCCN(C)C4)c(C=NC)cc23)cc1C. The van der Waals surface area contributed by atoms with Crippen LogP contribution in [0.5, 0.6) is 17.2 Å². The van der Waals surface area contributed by atoms with Crippen molar-refractivity contribution in [1.29, 1.82) is 0 Å². The van der Waals surface area contributed by atoms with Gasteiger partial charge in [-0.1, -0.05) is 0 Å². The highest BCUT2D eigenvalue weighted by Crippen LogP contribution is 2.34. The summed E-state index contributed by atoms with van der Waals surface area (Å²) in [4.78, 5) is 23.0. The van der Waals surface area contributed by atoms with Crippen LogP contribution < -0.4 is 20.1 Å². The first kappa shape index (κ1) is 24.5. The van der Waals surface area contributed by atoms with E-state index in [1.165, 1.54) is 0 Å². The van der Waals surface area contributed by atoms with E-state index in [0.717, 1.165) is 59.4 Å². The van der Waals surface area contributed by atoms with Crippen LogP contribution in [0.25, 0.3) is 10.9 Å². The Morgan fingerprint density at radius 3 is 2.86 bits per heavy atom. The van der Waals surface area contributed by atoms with Gasteiger partial charge in [-0.05, 0) is 76.2 Å². The molecule has 0 aliphatic carbocycles. The van der Waals surface area contributed by atoms with Crippen LogP contribution in [0.4, 0.5) is 10.5 Å². The number of aromatic nitrogens is 1. The number of carbonyl (C=O) groups is 1. The molecule has 1 atom stereocenters. The molecule has 0 saturated carbocycles. The van der Waals surface area contributed by atoms with E-state index in [4.69, 9.17) is 9.47 Å². The molecule has 0 bridgehead atoms. The zero-order valence-corrected chi connectivity index (χ0v) is 20.8. The minimum Gasteiger partial charge on any atom is -0.488 e. The van der Waals surface area contributed by atoms with Gasteiger partial charge in [-0.25, -0.2) is 4.79 Å². The summed E-state index contributed by atoms with van der Waals surface area (Å²) in [5, 5.41) is 6.45. The number of anilines is 1. The van der Waals surface area contributed by atoms with Crippen LogP contribution in [0.3, 0.4) is 0 Å². The van der Waals surface area contributed by atoms with E-state index in [2.05, 4.69) is 32.6 Å². The second kappa shape index (κ2) is 11.2. The Hall–Kier alpha value is -3.65. The van der Waals surface area contributed by atoms with Gasteiger partial charge in [0, 0.05) is 55.3 Å². The lowest BCUT2D eigenvalue weighted by Crippen LogP contribution is -2.38. The number of nitrogens with one attached hydrogen (secondary N) is 2. The second-order valence-corrected chi connectivity index (χ2v) is 8.81. The Labute approximate surface area is 206 Å². The highest BCUT2D eigenvalue weighted by atomic mass is 16.5. The number of aryl methyl sites for hydroxylation is 1. The van der Waals surface area contributed by atoms with E-state index >= 15 is 0 Å². The topological polar surface area (TPSA) is 88.1 Å². The van der Waals surface area contributed by atoms with Crippen LogP contribution in [-0.4, -0.2) is 62.0 Å². The number of rotatable bonds is 7. The van der Waals surface area contributed by atoms with Gasteiger partial charge in [0.1, 0.15) is 23.4 Å². The second-order valence-electron chi connectivity index (χ2n) is 8.81. The van der Waals surface area contributed by atoms with Crippen molar-refractivity contribution in [2.75, 3.05) is 39.0 Å². The van der Waals surface area contributed by atoms with Gasteiger partial charge >= 0.3 is 6.03 Å². The zero-order valence-electron chi connectivity index (χ0n) is 20.8. The molecule has 1 unspecified atom stereocenters. The molecule has 1 fully saturated rings. The number of ether oxygens (including phenoxy) is 2. The molecule has 0 spiro atoms. The van der Waals surface area contributed by atoms with E-state index in [1.807, 2.05) is 56.5 Å². The maximum Gasteiger partial charge on any atom is 0.319 e. The Morgan fingerprint density at radius 1 is 1.26 bits per heavy atom. The molecule has 2 amide bonds. The first-order valence-corrected chi connectivity index (χ1v) is 12.0. The molecule has 1 aliphatic heterocycles. The molecule has 8 heteroatoms. The van der Waals surface area contributed by atoms with Gasteiger partial charge in [-0.15, -0.1) is 0 Å². The molecule has 1 saturated heterocycles. The van der Waals surface area contributed by atoms with E-state index in [1.54, 1.807) is 13.2 Å². The number of hydrogen-bond acceptors (Lipinski definition) is 6. The highest BCUT2D eigenvalue weighted by Gasteiger charge is 2.20. The summed E-state index contributed by atoms with van der Waals surface area (Å²) in [5.41, 5.74) is 3.32. The van der Waals surface area contributed by atoms with Crippen LogP contribution in [0, 0.1) is 6.92 Å². The molecule has 3 aromatic rings. The number of benzene rings is 2. The number of likely N-dealkylation sites (tertiary alicyclic amines) is 1. The zero-order chi connectivity index (χ0) is 24.8. The number of carbonyl (C=O) groups excluding carboxylic acids is 1. The summed E-state index contributed by atoms with van der Waals surface area (Å²) in [6, 6.07) is 11.2. The lowest BCUT2D eigenvalue weighted by atomic mass is 10.1. The van der Waals surface area contributed by atoms with Crippen molar-refractivity contribution in [2.45, 2.75) is 32.8 Å². The third-order valence-corrected chi connectivity index (χ3v) is 5.99. The Morgan fingerprint density at radius 2 is 2.11 bits per heavy atom. The summed E-state index contributed by atoms with van der Waals surface area (Å²) in [6.07, 6.45) is 5.85. The Kier molecular flexibility index (Phi) is 7.82. The van der Waals surface area contributed by atoms with Gasteiger partial charge < -0.3 is 25.0 Å².